The van der Waals surface area contributed by atoms with E-state index in [2.05, 4.69) is 67.8 Å². The lowest BCUT2D eigenvalue weighted by Gasteiger charge is -2.48. The highest BCUT2D eigenvalue weighted by molar-refractivity contribution is 5.76. The molecule has 0 spiro atoms. The van der Waals surface area contributed by atoms with Crippen LogP contribution < -0.4 is 5.32 Å². The van der Waals surface area contributed by atoms with Crippen molar-refractivity contribution in [3.63, 3.8) is 0 Å². The van der Waals surface area contributed by atoms with Gasteiger partial charge in [0.2, 0.25) is 5.91 Å². The molecule has 3 saturated heterocycles. The predicted molar refractivity (Wildman–Crippen MR) is 351 cm³/mol. The zero-order valence-electron chi connectivity index (χ0n) is 55.6. The van der Waals surface area contributed by atoms with Crippen LogP contribution in [0.25, 0.3) is 0 Å². The van der Waals surface area contributed by atoms with Crippen LogP contribution in [0.1, 0.15) is 264 Å². The van der Waals surface area contributed by atoms with Crippen LogP contribution in [-0.4, -0.2) is 193 Å². The Hall–Kier alpha value is -2.25. The third-order valence-corrected chi connectivity index (χ3v) is 17.9. The first-order chi connectivity index (χ1) is 43.8. The van der Waals surface area contributed by atoms with Gasteiger partial charge in [-0.2, -0.15) is 0 Å². The molecule has 12 N–H and O–H groups in total. The third kappa shape index (κ3) is 34.4. The summed E-state index contributed by atoms with van der Waals surface area (Å²) in [6, 6.07) is -0.880. The van der Waals surface area contributed by atoms with Gasteiger partial charge in [0.15, 0.2) is 18.9 Å². The number of hydrogen-bond donors (Lipinski definition) is 12. The van der Waals surface area contributed by atoms with E-state index in [-0.39, 0.29) is 18.9 Å². The van der Waals surface area contributed by atoms with Crippen molar-refractivity contribution in [2.75, 3.05) is 26.4 Å². The van der Waals surface area contributed by atoms with Crippen molar-refractivity contribution in [1.82, 2.24) is 5.32 Å². The summed E-state index contributed by atoms with van der Waals surface area (Å²) in [5, 5.41) is 120. The van der Waals surface area contributed by atoms with E-state index in [1.165, 1.54) is 161 Å². The number of nitrogens with one attached hydrogen (secondary N) is 1. The molecule has 0 bridgehead atoms. The molecule has 3 rings (SSSR count). The fraction of sp³-hybridized carbons (Fsp3) is 0.873. The minimum Gasteiger partial charge on any atom is -0.394 e. The highest BCUT2D eigenvalue weighted by Crippen LogP contribution is 2.33. The van der Waals surface area contributed by atoms with Crippen molar-refractivity contribution in [1.29, 1.82) is 0 Å². The van der Waals surface area contributed by atoms with Gasteiger partial charge in [-0.15, -0.1) is 0 Å². The second-order valence-corrected chi connectivity index (χ2v) is 25.7. The largest absolute Gasteiger partial charge is 0.394 e. The zero-order chi connectivity index (χ0) is 65.4. The standard InChI is InChI=1S/C71H129NO18/c1-3-5-7-9-10-11-12-13-14-15-16-17-18-19-20-21-22-23-24-25-26-27-28-29-30-31-32-33-34-35-36-37-38-39-40-41-42-43-44-45-47-49-59(77)72-54(55(76)48-46-8-6-4-2)53-85-69-65(83)62(80)67(57(51-74)87-69)90-71-66(84)63(81)68(58(52-75)88-71)89-70-64(82)61(79)60(78)56(50-73)86-70/h5,7,10-11,13-14,16-17,54-58,60-71,73-76,78-84H,3-4,6,8-9,12,15,18-53H2,1-2H3,(H,72,77)/b7-5-,11-10-,14-13-,17-16-. The van der Waals surface area contributed by atoms with Gasteiger partial charge in [0.05, 0.1) is 38.6 Å². The molecule has 3 fully saturated rings. The number of carbonyl (C=O) groups is 1. The quantitative estimate of drug-likeness (QED) is 0.0199. The van der Waals surface area contributed by atoms with Gasteiger partial charge in [-0.25, -0.2) is 0 Å². The van der Waals surface area contributed by atoms with Crippen molar-refractivity contribution in [2.45, 2.75) is 369 Å². The molecule has 3 aliphatic rings. The maximum absolute atomic E-state index is 13.2. The van der Waals surface area contributed by atoms with Crippen molar-refractivity contribution >= 4 is 5.91 Å². The van der Waals surface area contributed by atoms with Gasteiger partial charge < -0.3 is 89.9 Å². The highest BCUT2D eigenvalue weighted by Gasteiger charge is 2.53. The molecule has 3 aliphatic heterocycles. The molecule has 17 atom stereocenters. The molecule has 0 aromatic heterocycles. The van der Waals surface area contributed by atoms with Crippen LogP contribution in [0.3, 0.4) is 0 Å². The number of ether oxygens (including phenoxy) is 6. The van der Waals surface area contributed by atoms with Crippen molar-refractivity contribution < 1.29 is 89.4 Å². The van der Waals surface area contributed by atoms with E-state index in [0.29, 0.717) is 19.3 Å². The molecule has 19 heteroatoms. The predicted octanol–water partition coefficient (Wildman–Crippen LogP) is 9.78. The molecule has 17 unspecified atom stereocenters. The summed E-state index contributed by atoms with van der Waals surface area (Å²) in [7, 11) is 0. The maximum atomic E-state index is 13.2. The summed E-state index contributed by atoms with van der Waals surface area (Å²) in [6.45, 7) is 1.55. The molecule has 0 saturated carbocycles. The van der Waals surface area contributed by atoms with Gasteiger partial charge in [0.25, 0.3) is 0 Å². The van der Waals surface area contributed by atoms with E-state index in [9.17, 15) is 61.0 Å². The average molecular weight is 1280 g/mol. The van der Waals surface area contributed by atoms with Gasteiger partial charge >= 0.3 is 0 Å². The fourth-order valence-electron chi connectivity index (χ4n) is 12.1. The monoisotopic (exact) mass is 1280 g/mol. The summed E-state index contributed by atoms with van der Waals surface area (Å²) >= 11 is 0. The second kappa shape index (κ2) is 53.0. The van der Waals surface area contributed by atoms with Crippen LogP contribution >= 0.6 is 0 Å². The molecule has 0 aliphatic carbocycles. The van der Waals surface area contributed by atoms with E-state index in [4.69, 9.17) is 28.4 Å². The normalized spacial score (nSPS) is 28.3. The third-order valence-electron chi connectivity index (χ3n) is 17.9. The first kappa shape index (κ1) is 82.0. The van der Waals surface area contributed by atoms with Crippen LogP contribution in [-0.2, 0) is 33.2 Å². The van der Waals surface area contributed by atoms with Crippen LogP contribution in [0.15, 0.2) is 48.6 Å². The Balaban J connectivity index is 1.18. The Morgan fingerprint density at radius 3 is 1.19 bits per heavy atom. The van der Waals surface area contributed by atoms with Gasteiger partial charge in [0, 0.05) is 6.42 Å². The Morgan fingerprint density at radius 2 is 0.767 bits per heavy atom. The van der Waals surface area contributed by atoms with Gasteiger partial charge in [-0.05, 0) is 51.4 Å². The number of aliphatic hydroxyl groups is 11. The van der Waals surface area contributed by atoms with Crippen molar-refractivity contribution in [3.05, 3.63) is 48.6 Å². The number of hydrogen-bond acceptors (Lipinski definition) is 18. The number of aliphatic hydroxyl groups excluding tert-OH is 11. The number of rotatable bonds is 55. The Morgan fingerprint density at radius 1 is 0.411 bits per heavy atom. The summed E-state index contributed by atoms with van der Waals surface area (Å²) in [6.07, 6.45) is 37.9. The van der Waals surface area contributed by atoms with E-state index in [1.54, 1.807) is 0 Å². The maximum Gasteiger partial charge on any atom is 0.220 e. The highest BCUT2D eigenvalue weighted by atomic mass is 16.8. The first-order valence-corrected chi connectivity index (χ1v) is 35.9. The molecule has 19 nitrogen and oxygen atoms in total. The number of carbonyl (C=O) groups excluding carboxylic acids is 1. The first-order valence-electron chi connectivity index (χ1n) is 35.9. The topological polar surface area (TPSA) is 307 Å². The van der Waals surface area contributed by atoms with Crippen LogP contribution in [0.4, 0.5) is 0 Å². The van der Waals surface area contributed by atoms with Crippen LogP contribution in [0, 0.1) is 0 Å². The van der Waals surface area contributed by atoms with Crippen molar-refractivity contribution in [2.24, 2.45) is 0 Å². The van der Waals surface area contributed by atoms with Gasteiger partial charge in [-0.3, -0.25) is 4.79 Å². The van der Waals surface area contributed by atoms with Crippen LogP contribution in [0.2, 0.25) is 0 Å². The lowest BCUT2D eigenvalue weighted by Crippen LogP contribution is -2.66. The summed E-state index contributed by atoms with van der Waals surface area (Å²) < 4.78 is 34.1. The van der Waals surface area contributed by atoms with Crippen LogP contribution in [0.5, 0.6) is 0 Å². The lowest BCUT2D eigenvalue weighted by molar-refractivity contribution is -0.379. The Kier molecular flexibility index (Phi) is 48.2. The number of unbranched alkanes of at least 4 members (excludes halogenated alkanes) is 31. The Labute approximate surface area is 542 Å². The zero-order valence-corrected chi connectivity index (χ0v) is 55.6. The number of amides is 1. The molecular formula is C71H129NO18. The molecule has 0 aromatic carbocycles. The lowest BCUT2D eigenvalue weighted by atomic mass is 9.96. The van der Waals surface area contributed by atoms with Crippen molar-refractivity contribution in [3.8, 4) is 0 Å². The smallest absolute Gasteiger partial charge is 0.220 e. The number of allylic oxidation sites excluding steroid dienone is 8. The fourth-order valence-corrected chi connectivity index (χ4v) is 12.1. The molecule has 3 heterocycles. The van der Waals surface area contributed by atoms with Gasteiger partial charge in [0.1, 0.15) is 73.2 Å². The molecule has 0 aromatic rings. The SMILES string of the molecule is CC/C=C\C/C=C\C/C=C\C/C=C\CCCCCCCCCCCCCCCCCCCCCCCCCCCCCCC(=O)NC(COC1OC(CO)C(OC2OC(CO)C(OC3OC(CO)C(O)C(O)C3O)C(O)C2O)C(O)C1O)C(O)CCCCCC. The molecule has 1 amide bonds. The summed E-state index contributed by atoms with van der Waals surface area (Å²) in [4.78, 5) is 13.2. The van der Waals surface area contributed by atoms with E-state index in [1.807, 2.05) is 0 Å². The minimum absolute atomic E-state index is 0.248. The molecule has 526 valence electrons. The summed E-state index contributed by atoms with van der Waals surface area (Å²) in [5.74, 6) is -0.248. The Bertz CT molecular complexity index is 1820. The molecular weight excluding hydrogens is 1150 g/mol. The minimum atomic E-state index is -1.97. The van der Waals surface area contributed by atoms with E-state index in [0.717, 1.165) is 64.2 Å². The second-order valence-electron chi connectivity index (χ2n) is 25.7. The van der Waals surface area contributed by atoms with E-state index < -0.39 is 124 Å². The summed E-state index contributed by atoms with van der Waals surface area (Å²) in [5.41, 5.74) is 0. The van der Waals surface area contributed by atoms with E-state index >= 15 is 0 Å². The molecule has 0 radical (unpaired) electrons. The molecule has 90 heavy (non-hydrogen) atoms. The average Bonchev–Trinajstić information content (AvgIpc) is 1.63. The van der Waals surface area contributed by atoms with Gasteiger partial charge in [-0.1, -0.05) is 255 Å².